The van der Waals surface area contributed by atoms with Crippen molar-refractivity contribution < 1.29 is 4.42 Å². The van der Waals surface area contributed by atoms with Crippen LogP contribution in [-0.4, -0.2) is 10.2 Å². The zero-order chi connectivity index (χ0) is 10.1. The zero-order valence-corrected chi connectivity index (χ0v) is 8.97. The summed E-state index contributed by atoms with van der Waals surface area (Å²) in [6.45, 7) is 1.86. The second-order valence-electron chi connectivity index (χ2n) is 2.84. The monoisotopic (exact) mass is 229 g/mol. The van der Waals surface area contributed by atoms with E-state index in [1.165, 1.54) is 17.6 Å². The fourth-order valence-corrected chi connectivity index (χ4v) is 2.05. The average molecular weight is 230 g/mol. The van der Waals surface area contributed by atoms with Gasteiger partial charge in [0.1, 0.15) is 5.01 Å². The van der Waals surface area contributed by atoms with Crippen LogP contribution in [0.4, 0.5) is 0 Å². The first kappa shape index (κ1) is 9.64. The SMILES string of the molecule is CC(N)c1nnc(-c2ccoc2Cl)s1. The quantitative estimate of drug-likeness (QED) is 0.859. The van der Waals surface area contributed by atoms with Crippen molar-refractivity contribution >= 4 is 22.9 Å². The van der Waals surface area contributed by atoms with E-state index in [2.05, 4.69) is 10.2 Å². The van der Waals surface area contributed by atoms with Gasteiger partial charge < -0.3 is 10.2 Å². The molecule has 0 saturated carbocycles. The first-order valence-corrected chi connectivity index (χ1v) is 5.20. The van der Waals surface area contributed by atoms with Gasteiger partial charge in [-0.05, 0) is 24.6 Å². The Morgan fingerprint density at radius 1 is 1.57 bits per heavy atom. The molecule has 2 aromatic heterocycles. The zero-order valence-electron chi connectivity index (χ0n) is 7.40. The summed E-state index contributed by atoms with van der Waals surface area (Å²) >= 11 is 7.23. The van der Waals surface area contributed by atoms with Crippen LogP contribution in [0, 0.1) is 0 Å². The number of nitrogens with zero attached hydrogens (tertiary/aromatic N) is 2. The van der Waals surface area contributed by atoms with Crippen molar-refractivity contribution in [3.63, 3.8) is 0 Å². The average Bonchev–Trinajstić information content (AvgIpc) is 2.71. The molecule has 0 bridgehead atoms. The van der Waals surface area contributed by atoms with Crippen molar-refractivity contribution in [1.29, 1.82) is 0 Å². The van der Waals surface area contributed by atoms with Crippen molar-refractivity contribution in [2.24, 2.45) is 5.73 Å². The van der Waals surface area contributed by atoms with Crippen LogP contribution in [0.2, 0.25) is 5.22 Å². The van der Waals surface area contributed by atoms with Crippen molar-refractivity contribution in [1.82, 2.24) is 10.2 Å². The summed E-state index contributed by atoms with van der Waals surface area (Å²) in [5, 5.41) is 9.79. The summed E-state index contributed by atoms with van der Waals surface area (Å²) in [6.07, 6.45) is 1.52. The van der Waals surface area contributed by atoms with Gasteiger partial charge in [0.15, 0.2) is 5.01 Å². The van der Waals surface area contributed by atoms with E-state index in [4.69, 9.17) is 21.8 Å². The molecule has 0 saturated heterocycles. The number of rotatable bonds is 2. The molecule has 0 fully saturated rings. The molecule has 74 valence electrons. The van der Waals surface area contributed by atoms with Crippen molar-refractivity contribution in [3.8, 4) is 10.6 Å². The van der Waals surface area contributed by atoms with Crippen LogP contribution in [0.1, 0.15) is 18.0 Å². The lowest BCUT2D eigenvalue weighted by Crippen LogP contribution is -2.03. The van der Waals surface area contributed by atoms with Gasteiger partial charge in [0.2, 0.25) is 5.22 Å². The summed E-state index contributed by atoms with van der Waals surface area (Å²) < 4.78 is 4.96. The van der Waals surface area contributed by atoms with E-state index in [1.54, 1.807) is 6.07 Å². The Kier molecular flexibility index (Phi) is 2.54. The molecule has 1 unspecified atom stereocenters. The van der Waals surface area contributed by atoms with E-state index in [1.807, 2.05) is 6.92 Å². The van der Waals surface area contributed by atoms with E-state index in [9.17, 15) is 0 Å². The molecular formula is C8H8ClN3OS. The second-order valence-corrected chi connectivity index (χ2v) is 4.19. The van der Waals surface area contributed by atoms with Crippen LogP contribution in [0.25, 0.3) is 10.6 Å². The number of hydrogen-bond acceptors (Lipinski definition) is 5. The van der Waals surface area contributed by atoms with Gasteiger partial charge in [0.25, 0.3) is 0 Å². The predicted molar refractivity (Wildman–Crippen MR) is 55.2 cm³/mol. The van der Waals surface area contributed by atoms with Gasteiger partial charge in [-0.25, -0.2) is 0 Å². The fraction of sp³-hybridized carbons (Fsp3) is 0.250. The highest BCUT2D eigenvalue weighted by molar-refractivity contribution is 7.14. The molecule has 4 nitrogen and oxygen atoms in total. The lowest BCUT2D eigenvalue weighted by atomic mass is 10.4. The second kappa shape index (κ2) is 3.68. The van der Waals surface area contributed by atoms with Gasteiger partial charge in [0.05, 0.1) is 17.9 Å². The van der Waals surface area contributed by atoms with Crippen LogP contribution in [-0.2, 0) is 0 Å². The fourth-order valence-electron chi connectivity index (χ4n) is 0.974. The first-order chi connectivity index (χ1) is 6.68. The number of hydrogen-bond donors (Lipinski definition) is 1. The van der Waals surface area contributed by atoms with E-state index in [-0.39, 0.29) is 6.04 Å². The Balaban J connectivity index is 2.39. The molecule has 14 heavy (non-hydrogen) atoms. The van der Waals surface area contributed by atoms with Crippen molar-refractivity contribution in [2.45, 2.75) is 13.0 Å². The lowest BCUT2D eigenvalue weighted by Gasteiger charge is -1.94. The molecular weight excluding hydrogens is 222 g/mol. The smallest absolute Gasteiger partial charge is 0.203 e. The maximum Gasteiger partial charge on any atom is 0.203 e. The van der Waals surface area contributed by atoms with Gasteiger partial charge in [0, 0.05) is 0 Å². The molecule has 2 N–H and O–H groups in total. The molecule has 0 aliphatic carbocycles. The lowest BCUT2D eigenvalue weighted by molar-refractivity contribution is 0.570. The molecule has 2 rings (SSSR count). The molecule has 0 aliphatic heterocycles. The highest BCUT2D eigenvalue weighted by Gasteiger charge is 2.13. The van der Waals surface area contributed by atoms with Gasteiger partial charge in [-0.3, -0.25) is 0 Å². The molecule has 2 aromatic rings. The molecule has 0 spiro atoms. The van der Waals surface area contributed by atoms with Crippen LogP contribution in [0.3, 0.4) is 0 Å². The minimum atomic E-state index is -0.105. The summed E-state index contributed by atoms with van der Waals surface area (Å²) in [4.78, 5) is 0. The molecule has 2 heterocycles. The summed E-state index contributed by atoms with van der Waals surface area (Å²) in [5.74, 6) is 0. The van der Waals surface area contributed by atoms with Crippen LogP contribution in [0.15, 0.2) is 16.7 Å². The van der Waals surface area contributed by atoms with Gasteiger partial charge in [-0.1, -0.05) is 11.3 Å². The topological polar surface area (TPSA) is 64.9 Å². The number of furan rings is 1. The van der Waals surface area contributed by atoms with E-state index < -0.39 is 0 Å². The third-order valence-corrected chi connectivity index (χ3v) is 3.13. The molecule has 6 heteroatoms. The Labute approximate surface area is 89.7 Å². The van der Waals surface area contributed by atoms with Gasteiger partial charge >= 0.3 is 0 Å². The van der Waals surface area contributed by atoms with Crippen LogP contribution in [0.5, 0.6) is 0 Å². The molecule has 0 aliphatic rings. The maximum absolute atomic E-state index is 5.80. The van der Waals surface area contributed by atoms with E-state index in [0.717, 1.165) is 15.6 Å². The largest absolute Gasteiger partial charge is 0.452 e. The summed E-state index contributed by atoms with van der Waals surface area (Å²) in [5.41, 5.74) is 6.43. The number of nitrogens with two attached hydrogens (primary N) is 1. The molecule has 1 atom stereocenters. The van der Waals surface area contributed by atoms with Crippen LogP contribution < -0.4 is 5.73 Å². The molecule has 0 radical (unpaired) electrons. The summed E-state index contributed by atoms with van der Waals surface area (Å²) in [7, 11) is 0. The normalized spacial score (nSPS) is 13.1. The minimum absolute atomic E-state index is 0.105. The minimum Gasteiger partial charge on any atom is -0.452 e. The Bertz CT molecular complexity index is 437. The van der Waals surface area contributed by atoms with Crippen molar-refractivity contribution in [3.05, 3.63) is 22.6 Å². The Morgan fingerprint density at radius 2 is 2.36 bits per heavy atom. The predicted octanol–water partition coefficient (Wildman–Crippen LogP) is 2.47. The molecule has 0 aromatic carbocycles. The van der Waals surface area contributed by atoms with Gasteiger partial charge in [-0.2, -0.15) is 0 Å². The van der Waals surface area contributed by atoms with E-state index in [0.29, 0.717) is 5.22 Å². The van der Waals surface area contributed by atoms with Crippen molar-refractivity contribution in [2.75, 3.05) is 0 Å². The Hall–Kier alpha value is -0.910. The third kappa shape index (κ3) is 1.66. The highest BCUT2D eigenvalue weighted by atomic mass is 35.5. The standard InChI is InChI=1S/C8H8ClN3OS/c1-4(10)7-11-12-8(14-7)5-2-3-13-6(5)9/h2-4H,10H2,1H3. The van der Waals surface area contributed by atoms with Gasteiger partial charge in [-0.15, -0.1) is 10.2 Å². The maximum atomic E-state index is 5.80. The molecule has 0 amide bonds. The Morgan fingerprint density at radius 3 is 2.86 bits per heavy atom. The van der Waals surface area contributed by atoms with Crippen LogP contribution >= 0.6 is 22.9 Å². The summed E-state index contributed by atoms with van der Waals surface area (Å²) in [6, 6.07) is 1.65. The third-order valence-electron chi connectivity index (χ3n) is 1.68. The van der Waals surface area contributed by atoms with E-state index >= 15 is 0 Å². The number of aromatic nitrogens is 2. The first-order valence-electron chi connectivity index (χ1n) is 4.01. The number of halogens is 1. The highest BCUT2D eigenvalue weighted by Crippen LogP contribution is 2.31.